The Kier molecular flexibility index (Phi) is 5.68. The summed E-state index contributed by atoms with van der Waals surface area (Å²) in [5, 5.41) is 2.77. The number of hydrogen-bond acceptors (Lipinski definition) is 6. The summed E-state index contributed by atoms with van der Waals surface area (Å²) in [4.78, 5) is 22.8. The second-order valence-electron chi connectivity index (χ2n) is 5.89. The third kappa shape index (κ3) is 4.30. The van der Waals surface area contributed by atoms with Gasteiger partial charge in [0.25, 0.3) is 0 Å². The van der Waals surface area contributed by atoms with Crippen LogP contribution in [0.25, 0.3) is 6.08 Å². The Morgan fingerprint density at radius 3 is 2.62 bits per heavy atom. The number of ether oxygens (including phenoxy) is 2. The number of carbonyl (C=O) groups is 1. The molecule has 7 nitrogen and oxygen atoms in total. The number of rotatable bonds is 6. The van der Waals surface area contributed by atoms with Crippen molar-refractivity contribution in [2.24, 2.45) is 0 Å². The number of carbonyl (C=O) groups excluding carboxylic acids is 1. The zero-order valence-corrected chi connectivity index (χ0v) is 14.9. The molecule has 1 aromatic heterocycles. The molecule has 26 heavy (non-hydrogen) atoms. The fraction of sp³-hybridized carbons (Fsp3) is 0.316. The van der Waals surface area contributed by atoms with Crippen LogP contribution in [0.5, 0.6) is 11.5 Å². The Morgan fingerprint density at radius 1 is 1.12 bits per heavy atom. The molecule has 1 N–H and O–H groups in total. The normalized spacial score (nSPS) is 13.8. The number of amides is 1. The van der Waals surface area contributed by atoms with Crippen molar-refractivity contribution in [1.29, 1.82) is 0 Å². The van der Waals surface area contributed by atoms with Crippen LogP contribution in [-0.4, -0.2) is 43.2 Å². The second-order valence-corrected chi connectivity index (χ2v) is 5.89. The fourth-order valence-corrected chi connectivity index (χ4v) is 2.83. The fourth-order valence-electron chi connectivity index (χ4n) is 2.83. The van der Waals surface area contributed by atoms with Crippen molar-refractivity contribution in [2.75, 3.05) is 37.5 Å². The van der Waals surface area contributed by atoms with Crippen LogP contribution in [0.15, 0.2) is 36.7 Å². The van der Waals surface area contributed by atoms with Crippen molar-refractivity contribution >= 4 is 23.6 Å². The van der Waals surface area contributed by atoms with Crippen LogP contribution in [0.3, 0.4) is 0 Å². The maximum absolute atomic E-state index is 12.2. The zero-order chi connectivity index (χ0) is 18.4. The maximum atomic E-state index is 12.2. The number of hydrogen-bond donors (Lipinski definition) is 1. The van der Waals surface area contributed by atoms with Gasteiger partial charge in [0.1, 0.15) is 18.0 Å². The molecule has 2 aromatic rings. The summed E-state index contributed by atoms with van der Waals surface area (Å²) in [5.74, 6) is 2.33. The highest BCUT2D eigenvalue weighted by Crippen LogP contribution is 2.28. The average Bonchev–Trinajstić information content (AvgIpc) is 3.21. The van der Waals surface area contributed by atoms with E-state index in [0.29, 0.717) is 17.3 Å². The molecule has 0 saturated carbocycles. The Labute approximate surface area is 152 Å². The zero-order valence-electron chi connectivity index (χ0n) is 14.9. The molecule has 3 rings (SSSR count). The smallest absolute Gasteiger partial charge is 0.249 e. The van der Waals surface area contributed by atoms with E-state index in [9.17, 15) is 4.79 Å². The molecule has 1 fully saturated rings. The maximum Gasteiger partial charge on any atom is 0.249 e. The van der Waals surface area contributed by atoms with E-state index in [1.165, 1.54) is 25.2 Å². The van der Waals surface area contributed by atoms with E-state index < -0.39 is 0 Å². The molecule has 0 spiro atoms. The minimum Gasteiger partial charge on any atom is -0.493 e. The van der Waals surface area contributed by atoms with Gasteiger partial charge in [-0.3, -0.25) is 4.79 Å². The number of nitrogens with one attached hydrogen (secondary N) is 1. The van der Waals surface area contributed by atoms with Gasteiger partial charge in [0, 0.05) is 25.2 Å². The molecule has 136 valence electrons. The van der Waals surface area contributed by atoms with Crippen LogP contribution < -0.4 is 19.7 Å². The summed E-state index contributed by atoms with van der Waals surface area (Å²) in [6.45, 7) is 1.98. The van der Waals surface area contributed by atoms with Crippen molar-refractivity contribution in [1.82, 2.24) is 9.97 Å². The molecule has 7 heteroatoms. The first-order valence-electron chi connectivity index (χ1n) is 8.47. The minimum absolute atomic E-state index is 0.258. The lowest BCUT2D eigenvalue weighted by atomic mass is 10.2. The van der Waals surface area contributed by atoms with Gasteiger partial charge in [-0.05, 0) is 36.6 Å². The van der Waals surface area contributed by atoms with E-state index in [1.807, 2.05) is 6.07 Å². The highest BCUT2D eigenvalue weighted by molar-refractivity contribution is 6.01. The van der Waals surface area contributed by atoms with Gasteiger partial charge in [-0.1, -0.05) is 6.07 Å². The van der Waals surface area contributed by atoms with E-state index in [-0.39, 0.29) is 5.91 Å². The predicted octanol–water partition coefficient (Wildman–Crippen LogP) is 2.75. The summed E-state index contributed by atoms with van der Waals surface area (Å²) < 4.78 is 10.5. The van der Waals surface area contributed by atoms with Gasteiger partial charge in [0.05, 0.1) is 14.2 Å². The van der Waals surface area contributed by atoms with Gasteiger partial charge in [0.2, 0.25) is 5.91 Å². The third-order valence-electron chi connectivity index (χ3n) is 4.17. The van der Waals surface area contributed by atoms with Gasteiger partial charge >= 0.3 is 0 Å². The molecule has 1 aliphatic heterocycles. The molecular weight excluding hydrogens is 332 g/mol. The van der Waals surface area contributed by atoms with Gasteiger partial charge in [-0.2, -0.15) is 0 Å². The van der Waals surface area contributed by atoms with Crippen molar-refractivity contribution in [2.45, 2.75) is 12.8 Å². The van der Waals surface area contributed by atoms with Crippen molar-refractivity contribution in [3.63, 3.8) is 0 Å². The number of benzene rings is 1. The Bertz CT molecular complexity index is 801. The molecule has 0 radical (unpaired) electrons. The summed E-state index contributed by atoms with van der Waals surface area (Å²) in [6, 6.07) is 7.25. The molecular formula is C19H22N4O3. The largest absolute Gasteiger partial charge is 0.493 e. The van der Waals surface area contributed by atoms with Gasteiger partial charge in [-0.25, -0.2) is 9.97 Å². The van der Waals surface area contributed by atoms with E-state index in [4.69, 9.17) is 9.47 Å². The van der Waals surface area contributed by atoms with Gasteiger partial charge in [-0.15, -0.1) is 0 Å². The highest BCUT2D eigenvalue weighted by Gasteiger charge is 2.14. The molecule has 0 aliphatic carbocycles. The molecule has 1 amide bonds. The monoisotopic (exact) mass is 354 g/mol. The first-order valence-corrected chi connectivity index (χ1v) is 8.47. The first kappa shape index (κ1) is 17.7. The van der Waals surface area contributed by atoms with Crippen LogP contribution in [0.1, 0.15) is 18.4 Å². The van der Waals surface area contributed by atoms with Crippen LogP contribution in [0.2, 0.25) is 0 Å². The Morgan fingerprint density at radius 2 is 1.88 bits per heavy atom. The lowest BCUT2D eigenvalue weighted by Crippen LogP contribution is -2.19. The number of aromatic nitrogens is 2. The van der Waals surface area contributed by atoms with E-state index in [1.54, 1.807) is 38.5 Å². The van der Waals surface area contributed by atoms with Crippen LogP contribution in [0, 0.1) is 0 Å². The van der Waals surface area contributed by atoms with Crippen LogP contribution in [-0.2, 0) is 4.79 Å². The molecule has 2 heterocycles. The SMILES string of the molecule is COc1ccc(/C=C/C(=O)Nc2cc(N3CCCC3)ncn2)cc1OC. The number of methoxy groups -OCH3 is 2. The number of anilines is 2. The standard InChI is InChI=1S/C19H22N4O3/c1-25-15-7-5-14(11-16(15)26-2)6-8-19(24)22-17-12-18(21-13-20-17)23-9-3-4-10-23/h5-8,11-13H,3-4,9-10H2,1-2H3,(H,20,21,22,24)/b8-6+. The van der Waals surface area contributed by atoms with Crippen LogP contribution >= 0.6 is 0 Å². The first-order chi connectivity index (χ1) is 12.7. The minimum atomic E-state index is -0.258. The topological polar surface area (TPSA) is 76.6 Å². The number of nitrogens with zero attached hydrogens (tertiary/aromatic N) is 3. The molecule has 1 saturated heterocycles. The van der Waals surface area contributed by atoms with Crippen LogP contribution in [0.4, 0.5) is 11.6 Å². The lowest BCUT2D eigenvalue weighted by molar-refractivity contribution is -0.111. The van der Waals surface area contributed by atoms with Gasteiger partial charge in [0.15, 0.2) is 11.5 Å². The Balaban J connectivity index is 1.65. The molecule has 1 aromatic carbocycles. The highest BCUT2D eigenvalue weighted by atomic mass is 16.5. The van der Waals surface area contributed by atoms with E-state index in [2.05, 4.69) is 20.2 Å². The van der Waals surface area contributed by atoms with Gasteiger partial charge < -0.3 is 19.7 Å². The van der Waals surface area contributed by atoms with E-state index in [0.717, 1.165) is 24.5 Å². The predicted molar refractivity (Wildman–Crippen MR) is 101 cm³/mol. The summed E-state index contributed by atoms with van der Waals surface area (Å²) in [5.41, 5.74) is 0.832. The van der Waals surface area contributed by atoms with Crippen molar-refractivity contribution in [3.8, 4) is 11.5 Å². The summed E-state index contributed by atoms with van der Waals surface area (Å²) in [7, 11) is 3.16. The molecule has 0 atom stereocenters. The van der Waals surface area contributed by atoms with Crippen molar-refractivity contribution < 1.29 is 14.3 Å². The second kappa shape index (κ2) is 8.33. The lowest BCUT2D eigenvalue weighted by Gasteiger charge is -2.16. The average molecular weight is 354 g/mol. The van der Waals surface area contributed by atoms with Crippen molar-refractivity contribution in [3.05, 3.63) is 42.2 Å². The summed E-state index contributed by atoms with van der Waals surface area (Å²) in [6.07, 6.45) is 6.97. The Hall–Kier alpha value is -3.09. The summed E-state index contributed by atoms with van der Waals surface area (Å²) >= 11 is 0. The quantitative estimate of drug-likeness (QED) is 0.804. The molecule has 1 aliphatic rings. The molecule has 0 unspecified atom stereocenters. The molecule has 0 bridgehead atoms. The van der Waals surface area contributed by atoms with E-state index >= 15 is 0 Å². The third-order valence-corrected chi connectivity index (χ3v) is 4.17.